The summed E-state index contributed by atoms with van der Waals surface area (Å²) in [7, 11) is 0. The van der Waals surface area contributed by atoms with Crippen LogP contribution >= 0.6 is 0 Å². The van der Waals surface area contributed by atoms with Crippen molar-refractivity contribution in [3.8, 4) is 0 Å². The summed E-state index contributed by atoms with van der Waals surface area (Å²) in [5.41, 5.74) is 9.41. The van der Waals surface area contributed by atoms with Gasteiger partial charge in [0.05, 0.1) is 0 Å². The number of rotatable bonds is 8. The molecule has 0 aromatic heterocycles. The van der Waals surface area contributed by atoms with Gasteiger partial charge in [-0.1, -0.05) is 117 Å². The fraction of sp³-hybridized carbons (Fsp3) is 0.355. The molecule has 0 heterocycles. The Bertz CT molecular complexity index is 1020. The van der Waals surface area contributed by atoms with E-state index in [1.807, 2.05) is 0 Å². The minimum Gasteiger partial charge on any atom is -0.0952 e. The molecule has 0 N–H and O–H groups in total. The lowest BCUT2D eigenvalue weighted by Crippen LogP contribution is -2.10. The first-order valence-electron chi connectivity index (χ1n) is 12.1. The minimum atomic E-state index is 0.341. The quantitative estimate of drug-likeness (QED) is 0.379. The Kier molecular flexibility index (Phi) is 5.81. The summed E-state index contributed by atoms with van der Waals surface area (Å²) in [5, 5.41) is 0. The summed E-state index contributed by atoms with van der Waals surface area (Å²) in [4.78, 5) is 0. The van der Waals surface area contributed by atoms with Crippen LogP contribution in [0, 0.1) is 17.8 Å². The highest BCUT2D eigenvalue weighted by molar-refractivity contribution is 5.56. The van der Waals surface area contributed by atoms with Gasteiger partial charge in [0.1, 0.15) is 0 Å². The van der Waals surface area contributed by atoms with E-state index in [2.05, 4.69) is 80.0 Å². The number of allylic oxidation sites excluding steroid dienone is 18. The van der Waals surface area contributed by atoms with Crippen LogP contribution in [-0.4, -0.2) is 0 Å². The number of hydrogen-bond acceptors (Lipinski definition) is 0. The summed E-state index contributed by atoms with van der Waals surface area (Å²) in [6, 6.07) is 0. The van der Waals surface area contributed by atoms with Crippen molar-refractivity contribution >= 4 is 0 Å². The van der Waals surface area contributed by atoms with Crippen LogP contribution in [0.1, 0.15) is 51.4 Å². The molecule has 1 saturated carbocycles. The average Bonchev–Trinajstić information content (AvgIpc) is 3.16. The van der Waals surface area contributed by atoms with Gasteiger partial charge in [-0.2, -0.15) is 0 Å². The second kappa shape index (κ2) is 8.87. The molecule has 5 rings (SSSR count). The molecule has 0 amide bonds. The molecular formula is C31H34. The molecule has 0 bridgehead atoms. The zero-order chi connectivity index (χ0) is 21.2. The lowest BCUT2D eigenvalue weighted by Gasteiger charge is -2.25. The van der Waals surface area contributed by atoms with E-state index in [0.29, 0.717) is 11.8 Å². The molecule has 0 aromatic carbocycles. The topological polar surface area (TPSA) is 0 Å². The fourth-order valence-electron chi connectivity index (χ4n) is 5.36. The highest BCUT2D eigenvalue weighted by Gasteiger charge is 2.22. The summed E-state index contributed by atoms with van der Waals surface area (Å²) in [6.07, 6.45) is 35.7. The molecule has 2 unspecified atom stereocenters. The molecule has 158 valence electrons. The third-order valence-electron chi connectivity index (χ3n) is 7.57. The van der Waals surface area contributed by atoms with Crippen LogP contribution in [0.2, 0.25) is 0 Å². The van der Waals surface area contributed by atoms with Crippen molar-refractivity contribution in [2.24, 2.45) is 17.8 Å². The maximum Gasteiger partial charge on any atom is 0.0267 e. The molecule has 0 radical (unpaired) electrons. The molecule has 1 fully saturated rings. The first kappa shape index (κ1) is 20.3. The number of hydrogen-bond donors (Lipinski definition) is 0. The largest absolute Gasteiger partial charge is 0.0952 e. The van der Waals surface area contributed by atoms with Crippen molar-refractivity contribution in [2.45, 2.75) is 51.4 Å². The fourth-order valence-corrected chi connectivity index (χ4v) is 5.36. The van der Waals surface area contributed by atoms with E-state index in [9.17, 15) is 0 Å². The van der Waals surface area contributed by atoms with Crippen molar-refractivity contribution in [1.82, 2.24) is 0 Å². The van der Waals surface area contributed by atoms with Gasteiger partial charge in [-0.25, -0.2) is 0 Å². The molecule has 31 heavy (non-hydrogen) atoms. The Morgan fingerprint density at radius 3 is 2.61 bits per heavy atom. The Morgan fingerprint density at radius 2 is 1.77 bits per heavy atom. The van der Waals surface area contributed by atoms with Gasteiger partial charge in [0.15, 0.2) is 0 Å². The summed E-state index contributed by atoms with van der Waals surface area (Å²) < 4.78 is 0. The second-order valence-electron chi connectivity index (χ2n) is 9.82. The second-order valence-corrected chi connectivity index (χ2v) is 9.82. The Labute approximate surface area is 188 Å². The molecule has 5 aliphatic carbocycles. The number of fused-ring (bicyclic) bond motifs is 2. The molecule has 0 aromatic rings. The van der Waals surface area contributed by atoms with Gasteiger partial charge in [0, 0.05) is 11.8 Å². The Hall–Kier alpha value is -2.60. The van der Waals surface area contributed by atoms with Crippen LogP contribution in [0.4, 0.5) is 0 Å². The van der Waals surface area contributed by atoms with Gasteiger partial charge in [-0.3, -0.25) is 0 Å². The molecule has 0 spiro atoms. The van der Waals surface area contributed by atoms with E-state index < -0.39 is 0 Å². The van der Waals surface area contributed by atoms with Crippen LogP contribution in [0.3, 0.4) is 0 Å². The molecular weight excluding hydrogens is 372 g/mol. The molecule has 0 saturated heterocycles. The first-order valence-corrected chi connectivity index (χ1v) is 12.1. The van der Waals surface area contributed by atoms with Crippen LogP contribution in [0.5, 0.6) is 0 Å². The van der Waals surface area contributed by atoms with Crippen molar-refractivity contribution in [3.63, 3.8) is 0 Å². The van der Waals surface area contributed by atoms with Crippen molar-refractivity contribution < 1.29 is 0 Å². The van der Waals surface area contributed by atoms with E-state index in [-0.39, 0.29) is 0 Å². The van der Waals surface area contributed by atoms with E-state index in [1.54, 1.807) is 0 Å². The minimum absolute atomic E-state index is 0.341. The summed E-state index contributed by atoms with van der Waals surface area (Å²) >= 11 is 0. The third kappa shape index (κ3) is 4.54. The lowest BCUT2D eigenvalue weighted by atomic mass is 9.80. The van der Waals surface area contributed by atoms with Crippen LogP contribution in [-0.2, 0) is 0 Å². The van der Waals surface area contributed by atoms with Gasteiger partial charge in [0.25, 0.3) is 0 Å². The standard InChI is InChI=1S/C31H34/c1-22(29-17-23(2)31-12-4-3-11-28(31)21-29)13-14-26-19-27-16-15-25(18-30(27)20-26)10-6-9-24-7-5-8-24/h3-4,11-12,15-21,24,30-31H,1-2,5-10,13-14H2. The van der Waals surface area contributed by atoms with Crippen molar-refractivity contribution in [3.05, 3.63) is 119 Å². The zero-order valence-electron chi connectivity index (χ0n) is 18.7. The van der Waals surface area contributed by atoms with Gasteiger partial charge >= 0.3 is 0 Å². The van der Waals surface area contributed by atoms with E-state index >= 15 is 0 Å². The van der Waals surface area contributed by atoms with Crippen molar-refractivity contribution in [2.75, 3.05) is 0 Å². The van der Waals surface area contributed by atoms with Gasteiger partial charge < -0.3 is 0 Å². The van der Waals surface area contributed by atoms with E-state index in [4.69, 9.17) is 0 Å². The SMILES string of the molecule is C=C(CCC1=CC2C=C(CCCC3CCC3)C=CC2=C1)C1=CC(=C)C2C=CC=CC2=C1. The van der Waals surface area contributed by atoms with Crippen LogP contribution in [0.15, 0.2) is 119 Å². The van der Waals surface area contributed by atoms with Crippen molar-refractivity contribution in [1.29, 1.82) is 0 Å². The molecule has 0 heteroatoms. The normalized spacial score (nSPS) is 26.3. The summed E-state index contributed by atoms with van der Waals surface area (Å²) in [6.45, 7) is 8.69. The molecule has 2 atom stereocenters. The first-order chi connectivity index (χ1) is 15.2. The predicted molar refractivity (Wildman–Crippen MR) is 134 cm³/mol. The van der Waals surface area contributed by atoms with Crippen LogP contribution in [0.25, 0.3) is 0 Å². The Morgan fingerprint density at radius 1 is 0.903 bits per heavy atom. The van der Waals surface area contributed by atoms with Gasteiger partial charge in [0.2, 0.25) is 0 Å². The molecule has 0 nitrogen and oxygen atoms in total. The third-order valence-corrected chi connectivity index (χ3v) is 7.57. The van der Waals surface area contributed by atoms with E-state index in [1.165, 1.54) is 77.5 Å². The van der Waals surface area contributed by atoms with E-state index in [0.717, 1.165) is 18.8 Å². The zero-order valence-corrected chi connectivity index (χ0v) is 18.7. The lowest BCUT2D eigenvalue weighted by molar-refractivity contribution is 0.290. The predicted octanol–water partition coefficient (Wildman–Crippen LogP) is 8.44. The molecule has 0 aliphatic heterocycles. The maximum atomic E-state index is 4.40. The molecule has 5 aliphatic rings. The Balaban J connectivity index is 1.15. The summed E-state index contributed by atoms with van der Waals surface area (Å²) in [5.74, 6) is 1.86. The maximum absolute atomic E-state index is 4.40. The smallest absolute Gasteiger partial charge is 0.0267 e. The average molecular weight is 407 g/mol. The van der Waals surface area contributed by atoms with Gasteiger partial charge in [-0.15, -0.1) is 0 Å². The highest BCUT2D eigenvalue weighted by Crippen LogP contribution is 2.38. The monoisotopic (exact) mass is 406 g/mol. The van der Waals surface area contributed by atoms with Gasteiger partial charge in [-0.05, 0) is 59.5 Å². The highest BCUT2D eigenvalue weighted by atomic mass is 14.3. The van der Waals surface area contributed by atoms with Crippen LogP contribution < -0.4 is 0 Å².